The molecule has 162 valence electrons. The molecule has 1 N–H and O–H groups in total. The molecule has 2 aromatic carbocycles. The van der Waals surface area contributed by atoms with Crippen LogP contribution >= 0.6 is 0 Å². The Morgan fingerprint density at radius 1 is 1.09 bits per heavy atom. The zero-order valence-corrected chi connectivity index (χ0v) is 17.3. The van der Waals surface area contributed by atoms with E-state index in [0.717, 1.165) is 11.1 Å². The molecule has 1 aromatic heterocycles. The van der Waals surface area contributed by atoms with E-state index in [0.29, 0.717) is 17.7 Å². The highest BCUT2D eigenvalue weighted by Gasteiger charge is 2.54. The Labute approximate surface area is 184 Å². The molecule has 0 saturated carbocycles. The number of fused-ring (bicyclic) bond motifs is 1. The van der Waals surface area contributed by atoms with Crippen molar-refractivity contribution >= 4 is 11.8 Å². The van der Waals surface area contributed by atoms with Crippen molar-refractivity contribution in [1.29, 1.82) is 0 Å². The number of piperazine rings is 1. The monoisotopic (exact) mass is 431 g/mol. The van der Waals surface area contributed by atoms with Gasteiger partial charge < -0.3 is 14.9 Å². The minimum atomic E-state index is -0.331. The zero-order chi connectivity index (χ0) is 22.2. The molecule has 0 unspecified atom stereocenters. The highest BCUT2D eigenvalue weighted by atomic mass is 19.1. The summed E-state index contributed by atoms with van der Waals surface area (Å²) in [7, 11) is 0. The van der Waals surface area contributed by atoms with Crippen molar-refractivity contribution in [1.82, 2.24) is 14.8 Å². The number of aliphatic hydroxyl groups is 1. The molecular formula is C25H22FN3O3. The standard InChI is InChI=1S/C25H22FN3O3/c26-20-6-2-1-5-19(20)16-7-9-17(10-8-16)24-21-13-28(14-23(31)29(21)22(24)15-30)25(32)18-4-3-11-27-12-18/h1-12,21-22,24,30H,13-15H2/t21-,22+,24-/m1/s1. The van der Waals surface area contributed by atoms with Gasteiger partial charge >= 0.3 is 0 Å². The van der Waals surface area contributed by atoms with Gasteiger partial charge in [0.05, 0.1) is 24.3 Å². The van der Waals surface area contributed by atoms with Gasteiger partial charge in [0.1, 0.15) is 12.4 Å². The predicted octanol–water partition coefficient (Wildman–Crippen LogP) is 2.70. The molecule has 32 heavy (non-hydrogen) atoms. The Kier molecular flexibility index (Phi) is 5.19. The first kappa shape index (κ1) is 20.3. The SMILES string of the molecule is O=C(c1cccnc1)N1CC(=O)N2[C@H](C1)[C@@H](c1ccc(-c3ccccc3F)cc1)[C@@H]2CO. The van der Waals surface area contributed by atoms with Crippen molar-refractivity contribution in [3.05, 3.63) is 90.0 Å². The molecule has 6 nitrogen and oxygen atoms in total. The molecule has 3 atom stereocenters. The molecule has 2 saturated heterocycles. The number of halogens is 1. The van der Waals surface area contributed by atoms with Crippen molar-refractivity contribution in [3.8, 4) is 11.1 Å². The summed E-state index contributed by atoms with van der Waals surface area (Å²) in [6.07, 6.45) is 3.09. The lowest BCUT2D eigenvalue weighted by molar-refractivity contribution is -0.159. The Morgan fingerprint density at radius 2 is 1.88 bits per heavy atom. The first-order valence-electron chi connectivity index (χ1n) is 10.5. The minimum absolute atomic E-state index is 0.0142. The molecule has 0 aliphatic carbocycles. The van der Waals surface area contributed by atoms with Crippen molar-refractivity contribution in [2.24, 2.45) is 0 Å². The van der Waals surface area contributed by atoms with Crippen molar-refractivity contribution in [2.45, 2.75) is 18.0 Å². The van der Waals surface area contributed by atoms with Crippen molar-refractivity contribution in [2.75, 3.05) is 19.7 Å². The van der Waals surface area contributed by atoms with Gasteiger partial charge in [0.2, 0.25) is 5.91 Å². The summed E-state index contributed by atoms with van der Waals surface area (Å²) < 4.78 is 14.1. The second kappa shape index (κ2) is 8.16. The number of amides is 2. The molecule has 0 spiro atoms. The maximum Gasteiger partial charge on any atom is 0.255 e. The van der Waals surface area contributed by atoms with Crippen LogP contribution < -0.4 is 0 Å². The summed E-state index contributed by atoms with van der Waals surface area (Å²) >= 11 is 0. The van der Waals surface area contributed by atoms with E-state index in [9.17, 15) is 19.1 Å². The number of rotatable bonds is 4. The number of pyridine rings is 1. The van der Waals surface area contributed by atoms with Crippen LogP contribution in [0.2, 0.25) is 0 Å². The fourth-order valence-corrected chi connectivity index (χ4v) is 4.91. The normalized spacial score (nSPS) is 22.3. The molecule has 5 rings (SSSR count). The smallest absolute Gasteiger partial charge is 0.255 e. The van der Waals surface area contributed by atoms with Gasteiger partial charge in [-0.15, -0.1) is 0 Å². The molecular weight excluding hydrogens is 409 g/mol. The number of nitrogens with zero attached hydrogens (tertiary/aromatic N) is 3. The van der Waals surface area contributed by atoms with E-state index in [4.69, 9.17) is 0 Å². The van der Waals surface area contributed by atoms with Gasteiger partial charge in [0, 0.05) is 30.4 Å². The quantitative estimate of drug-likeness (QED) is 0.690. The van der Waals surface area contributed by atoms with Gasteiger partial charge in [-0.3, -0.25) is 14.6 Å². The third-order valence-electron chi connectivity index (χ3n) is 6.43. The molecule has 2 fully saturated rings. The van der Waals surface area contributed by atoms with E-state index >= 15 is 0 Å². The van der Waals surface area contributed by atoms with Crippen LogP contribution in [0.25, 0.3) is 11.1 Å². The minimum Gasteiger partial charge on any atom is -0.394 e. The van der Waals surface area contributed by atoms with Crippen molar-refractivity contribution < 1.29 is 19.1 Å². The van der Waals surface area contributed by atoms with Gasteiger partial charge in [0.15, 0.2) is 0 Å². The number of carbonyl (C=O) groups excluding carboxylic acids is 2. The van der Waals surface area contributed by atoms with Crippen LogP contribution in [0.5, 0.6) is 0 Å². The van der Waals surface area contributed by atoms with E-state index in [1.165, 1.54) is 12.3 Å². The largest absolute Gasteiger partial charge is 0.394 e. The maximum atomic E-state index is 14.1. The summed E-state index contributed by atoms with van der Waals surface area (Å²) in [4.78, 5) is 32.9. The van der Waals surface area contributed by atoms with E-state index in [1.807, 2.05) is 24.3 Å². The van der Waals surface area contributed by atoms with Crippen LogP contribution in [0.15, 0.2) is 73.1 Å². The number of aliphatic hydroxyl groups excluding tert-OH is 1. The highest BCUT2D eigenvalue weighted by molar-refractivity contribution is 5.97. The molecule has 3 heterocycles. The zero-order valence-electron chi connectivity index (χ0n) is 17.3. The first-order valence-corrected chi connectivity index (χ1v) is 10.5. The Hall–Kier alpha value is -3.58. The van der Waals surface area contributed by atoms with Crippen LogP contribution in [-0.4, -0.2) is 63.5 Å². The molecule has 0 bridgehead atoms. The molecule has 2 amide bonds. The van der Waals surface area contributed by atoms with Gasteiger partial charge in [-0.2, -0.15) is 0 Å². The summed E-state index contributed by atoms with van der Waals surface area (Å²) in [6.45, 7) is 0.216. The number of carbonyl (C=O) groups is 2. The summed E-state index contributed by atoms with van der Waals surface area (Å²) in [5, 5.41) is 9.96. The molecule has 2 aliphatic heterocycles. The number of benzene rings is 2. The second-order valence-electron chi connectivity index (χ2n) is 8.17. The second-order valence-corrected chi connectivity index (χ2v) is 8.17. The molecule has 2 aliphatic rings. The number of hydrogen-bond donors (Lipinski definition) is 1. The molecule has 3 aromatic rings. The first-order chi connectivity index (χ1) is 15.6. The van der Waals surface area contributed by atoms with Crippen LogP contribution in [0, 0.1) is 5.82 Å². The third kappa shape index (κ3) is 3.35. The van der Waals surface area contributed by atoms with Crippen LogP contribution in [0.4, 0.5) is 4.39 Å². The lowest BCUT2D eigenvalue weighted by atomic mass is 9.73. The van der Waals surface area contributed by atoms with Gasteiger partial charge in [-0.1, -0.05) is 42.5 Å². The van der Waals surface area contributed by atoms with Crippen LogP contribution in [0.3, 0.4) is 0 Å². The lowest BCUT2D eigenvalue weighted by Crippen LogP contribution is -2.73. The van der Waals surface area contributed by atoms with E-state index in [1.54, 1.807) is 46.3 Å². The molecule has 7 heteroatoms. The summed E-state index contributed by atoms with van der Waals surface area (Å²) in [6, 6.07) is 17.0. The summed E-state index contributed by atoms with van der Waals surface area (Å²) in [5.74, 6) is -0.794. The average Bonchev–Trinajstić information content (AvgIpc) is 2.81. The van der Waals surface area contributed by atoms with Crippen LogP contribution in [-0.2, 0) is 4.79 Å². The number of aromatic nitrogens is 1. The lowest BCUT2D eigenvalue weighted by Gasteiger charge is -2.58. The van der Waals surface area contributed by atoms with E-state index in [-0.39, 0.29) is 48.8 Å². The Bertz CT molecular complexity index is 1150. The van der Waals surface area contributed by atoms with Gasteiger partial charge in [-0.25, -0.2) is 4.39 Å². The Balaban J connectivity index is 1.40. The fraction of sp³-hybridized carbons (Fsp3) is 0.240. The van der Waals surface area contributed by atoms with Gasteiger partial charge in [-0.05, 0) is 29.3 Å². The van der Waals surface area contributed by atoms with E-state index in [2.05, 4.69) is 4.98 Å². The fourth-order valence-electron chi connectivity index (χ4n) is 4.91. The third-order valence-corrected chi connectivity index (χ3v) is 6.43. The topological polar surface area (TPSA) is 73.7 Å². The van der Waals surface area contributed by atoms with Gasteiger partial charge in [0.25, 0.3) is 5.91 Å². The summed E-state index contributed by atoms with van der Waals surface area (Å²) in [5.41, 5.74) is 2.68. The number of hydrogen-bond acceptors (Lipinski definition) is 4. The average molecular weight is 431 g/mol. The molecule has 0 radical (unpaired) electrons. The van der Waals surface area contributed by atoms with E-state index < -0.39 is 0 Å². The highest BCUT2D eigenvalue weighted by Crippen LogP contribution is 2.43. The maximum absolute atomic E-state index is 14.1. The Morgan fingerprint density at radius 3 is 2.56 bits per heavy atom. The van der Waals surface area contributed by atoms with Crippen molar-refractivity contribution in [3.63, 3.8) is 0 Å². The predicted molar refractivity (Wildman–Crippen MR) is 116 cm³/mol. The van der Waals surface area contributed by atoms with Crippen LogP contribution in [0.1, 0.15) is 21.8 Å².